The van der Waals surface area contributed by atoms with Crippen LogP contribution < -0.4 is 0 Å². The zero-order valence-corrected chi connectivity index (χ0v) is 29.9. The Morgan fingerprint density at radius 3 is 2.22 bits per heavy atom. The molecule has 0 bridgehead atoms. The zero-order valence-electron chi connectivity index (χ0n) is 27.6. The molecule has 2 unspecified atom stereocenters. The Hall–Kier alpha value is -2.85. The number of carbonyl (C=O) groups is 2. The molecule has 4 rings (SSSR count). The van der Waals surface area contributed by atoms with Crippen LogP contribution in [0.15, 0.2) is 41.3 Å². The molecule has 2 amide bonds. The molecule has 0 radical (unpaired) electrons. The number of aromatic nitrogens is 3. The Morgan fingerprint density at radius 2 is 1.58 bits per heavy atom. The lowest BCUT2D eigenvalue weighted by atomic mass is 10.1. The summed E-state index contributed by atoms with van der Waals surface area (Å²) in [5.74, 6) is 0.291. The fraction of sp³-hybridized carbons (Fsp3) is 0.588. The molecule has 3 aromatic rings. The van der Waals surface area contributed by atoms with Gasteiger partial charge in [-0.05, 0) is 108 Å². The third kappa shape index (κ3) is 10.1. The fourth-order valence-electron chi connectivity index (χ4n) is 5.74. The van der Waals surface area contributed by atoms with Gasteiger partial charge in [-0.25, -0.2) is 19.6 Å². The molecule has 1 fully saturated rings. The molecule has 0 N–H and O–H groups in total. The first-order valence-electron chi connectivity index (χ1n) is 15.8. The monoisotopic (exact) mass is 703 g/mol. The van der Waals surface area contributed by atoms with Crippen LogP contribution >= 0.6 is 27.5 Å². The number of halogens is 2. The van der Waals surface area contributed by atoms with E-state index in [1.54, 1.807) is 4.90 Å². The third-order valence-corrected chi connectivity index (χ3v) is 8.74. The predicted molar refractivity (Wildman–Crippen MR) is 182 cm³/mol. The van der Waals surface area contributed by atoms with Gasteiger partial charge in [0, 0.05) is 42.9 Å². The highest BCUT2D eigenvalue weighted by molar-refractivity contribution is 9.10. The second-order valence-corrected chi connectivity index (χ2v) is 15.3. The summed E-state index contributed by atoms with van der Waals surface area (Å²) >= 11 is 9.98. The van der Waals surface area contributed by atoms with Crippen LogP contribution in [0.3, 0.4) is 0 Å². The van der Waals surface area contributed by atoms with E-state index in [0.29, 0.717) is 43.7 Å². The standard InChI is InChI=1S/C34H47BrClN5O4/c1-23-9-11-24(12-10-23)15-18-39(31(42)44-33(2,3)4)16-8-17-40(32(43)45-34(5,6)7)20-25-13-14-26(19-25)41-21-27(35)28-29(36)37-22-38-30(28)41/h9-12,21-22,25-26H,8,13-20H2,1-7H3. The largest absolute Gasteiger partial charge is 0.444 e. The van der Waals surface area contributed by atoms with E-state index in [1.807, 2.05) is 52.6 Å². The number of hydrogen-bond acceptors (Lipinski definition) is 6. The second kappa shape index (κ2) is 14.7. The van der Waals surface area contributed by atoms with Crippen molar-refractivity contribution in [1.29, 1.82) is 0 Å². The predicted octanol–water partition coefficient (Wildman–Crippen LogP) is 8.60. The molecule has 1 saturated carbocycles. The van der Waals surface area contributed by atoms with E-state index < -0.39 is 11.2 Å². The molecule has 246 valence electrons. The van der Waals surface area contributed by atoms with Gasteiger partial charge in [-0.3, -0.25) is 0 Å². The van der Waals surface area contributed by atoms with E-state index in [1.165, 1.54) is 11.9 Å². The number of amides is 2. The van der Waals surface area contributed by atoms with Crippen molar-refractivity contribution in [3.8, 4) is 0 Å². The number of carbonyl (C=O) groups excluding carboxylic acids is 2. The Bertz CT molecular complexity index is 1460. The lowest BCUT2D eigenvalue weighted by Crippen LogP contribution is -2.42. The van der Waals surface area contributed by atoms with E-state index >= 15 is 0 Å². The molecule has 1 aliphatic carbocycles. The molecule has 0 spiro atoms. The number of hydrogen-bond donors (Lipinski definition) is 0. The van der Waals surface area contributed by atoms with E-state index in [0.717, 1.165) is 46.8 Å². The number of aryl methyl sites for hydroxylation is 1. The normalized spacial score (nSPS) is 17.0. The summed E-state index contributed by atoms with van der Waals surface area (Å²) < 4.78 is 14.6. The third-order valence-electron chi connectivity index (χ3n) is 7.85. The molecule has 11 heteroatoms. The molecule has 0 saturated heterocycles. The Morgan fingerprint density at radius 1 is 0.956 bits per heavy atom. The SMILES string of the molecule is Cc1ccc(CCN(CCCN(CC2CCC(n3cc(Br)c4c(Cl)ncnc43)C2)C(=O)OC(C)(C)C)C(=O)OC(C)(C)C)cc1. The molecule has 45 heavy (non-hydrogen) atoms. The summed E-state index contributed by atoms with van der Waals surface area (Å²) in [5, 5.41) is 1.24. The first kappa shape index (κ1) is 35.0. The molecule has 1 aromatic carbocycles. The van der Waals surface area contributed by atoms with Gasteiger partial charge in [0.05, 0.1) is 5.39 Å². The van der Waals surface area contributed by atoms with Crippen LogP contribution in [-0.2, 0) is 15.9 Å². The minimum absolute atomic E-state index is 0.236. The molecular formula is C34H47BrClN5O4. The molecule has 9 nitrogen and oxygen atoms in total. The van der Waals surface area contributed by atoms with Crippen LogP contribution in [-0.4, -0.2) is 73.9 Å². The van der Waals surface area contributed by atoms with E-state index in [9.17, 15) is 9.59 Å². The van der Waals surface area contributed by atoms with Gasteiger partial charge in [-0.1, -0.05) is 41.4 Å². The summed E-state index contributed by atoms with van der Waals surface area (Å²) in [5.41, 5.74) is 1.96. The van der Waals surface area contributed by atoms with Crippen molar-refractivity contribution in [3.05, 3.63) is 57.5 Å². The summed E-state index contributed by atoms with van der Waals surface area (Å²) in [6, 6.07) is 8.59. The molecular weight excluding hydrogens is 658 g/mol. The lowest BCUT2D eigenvalue weighted by Gasteiger charge is -2.31. The first-order chi connectivity index (χ1) is 21.1. The minimum atomic E-state index is -0.612. The van der Waals surface area contributed by atoms with Crippen molar-refractivity contribution in [2.75, 3.05) is 26.2 Å². The second-order valence-electron chi connectivity index (χ2n) is 14.1. The van der Waals surface area contributed by atoms with Gasteiger partial charge in [0.25, 0.3) is 0 Å². The average Bonchev–Trinajstić information content (AvgIpc) is 3.53. The van der Waals surface area contributed by atoms with Crippen molar-refractivity contribution in [2.45, 2.75) is 97.8 Å². The minimum Gasteiger partial charge on any atom is -0.444 e. The van der Waals surface area contributed by atoms with Crippen molar-refractivity contribution in [3.63, 3.8) is 0 Å². The van der Waals surface area contributed by atoms with Gasteiger partial charge in [-0.2, -0.15) is 0 Å². The maximum atomic E-state index is 13.4. The van der Waals surface area contributed by atoms with Crippen LogP contribution in [0.4, 0.5) is 9.59 Å². The van der Waals surface area contributed by atoms with Crippen molar-refractivity contribution < 1.29 is 19.1 Å². The first-order valence-corrected chi connectivity index (χ1v) is 16.9. The summed E-state index contributed by atoms with van der Waals surface area (Å²) in [7, 11) is 0. The van der Waals surface area contributed by atoms with Crippen LogP contribution in [0.5, 0.6) is 0 Å². The van der Waals surface area contributed by atoms with Crippen LogP contribution in [0.25, 0.3) is 11.0 Å². The van der Waals surface area contributed by atoms with Crippen molar-refractivity contribution in [1.82, 2.24) is 24.3 Å². The molecule has 0 aliphatic heterocycles. The van der Waals surface area contributed by atoms with Crippen LogP contribution in [0.2, 0.25) is 5.15 Å². The van der Waals surface area contributed by atoms with Crippen LogP contribution in [0, 0.1) is 12.8 Å². The topological polar surface area (TPSA) is 89.8 Å². The number of fused-ring (bicyclic) bond motifs is 1. The Balaban J connectivity index is 1.42. The van der Waals surface area contributed by atoms with Gasteiger partial charge in [0.15, 0.2) is 0 Å². The fourth-order valence-corrected chi connectivity index (χ4v) is 6.67. The molecule has 2 aromatic heterocycles. The smallest absolute Gasteiger partial charge is 0.410 e. The Kier molecular flexibility index (Phi) is 11.4. The zero-order chi connectivity index (χ0) is 32.9. The van der Waals surface area contributed by atoms with Gasteiger partial charge in [-0.15, -0.1) is 0 Å². The number of nitrogens with zero attached hydrogens (tertiary/aromatic N) is 5. The van der Waals surface area contributed by atoms with Gasteiger partial charge in [0.2, 0.25) is 0 Å². The van der Waals surface area contributed by atoms with Crippen molar-refractivity contribution >= 4 is 50.8 Å². The Labute approximate surface area is 280 Å². The van der Waals surface area contributed by atoms with E-state index in [4.69, 9.17) is 21.1 Å². The summed E-state index contributed by atoms with van der Waals surface area (Å²) in [6.45, 7) is 15.4. The summed E-state index contributed by atoms with van der Waals surface area (Å²) in [4.78, 5) is 38.8. The van der Waals surface area contributed by atoms with E-state index in [-0.39, 0.29) is 18.2 Å². The van der Waals surface area contributed by atoms with Gasteiger partial charge >= 0.3 is 12.2 Å². The molecule has 2 heterocycles. The maximum absolute atomic E-state index is 13.4. The van der Waals surface area contributed by atoms with Crippen LogP contribution in [0.1, 0.15) is 84.4 Å². The highest BCUT2D eigenvalue weighted by Crippen LogP contribution is 2.40. The quantitative estimate of drug-likeness (QED) is 0.197. The van der Waals surface area contributed by atoms with Gasteiger partial charge in [0.1, 0.15) is 28.3 Å². The molecule has 1 aliphatic rings. The maximum Gasteiger partial charge on any atom is 0.410 e. The number of rotatable bonds is 10. The average molecular weight is 705 g/mol. The molecule has 2 atom stereocenters. The number of ether oxygens (including phenoxy) is 2. The highest BCUT2D eigenvalue weighted by atomic mass is 79.9. The highest BCUT2D eigenvalue weighted by Gasteiger charge is 2.32. The number of benzene rings is 1. The van der Waals surface area contributed by atoms with Gasteiger partial charge < -0.3 is 23.8 Å². The van der Waals surface area contributed by atoms with Crippen molar-refractivity contribution in [2.24, 2.45) is 5.92 Å². The lowest BCUT2D eigenvalue weighted by molar-refractivity contribution is 0.0186. The summed E-state index contributed by atoms with van der Waals surface area (Å²) in [6.07, 6.45) is 7.02. The van der Waals surface area contributed by atoms with E-state index in [2.05, 4.69) is 61.7 Å².